The molecule has 0 bridgehead atoms. The molecule has 2 aromatic carbocycles. The number of amides is 1. The van der Waals surface area contributed by atoms with E-state index in [1.165, 1.54) is 6.42 Å². The number of aliphatic hydroxyl groups is 1. The molecule has 1 saturated heterocycles. The number of hydrogen-bond donors (Lipinski definition) is 3. The minimum Gasteiger partial charge on any atom is -0.487 e. The number of rotatable bonds is 7. The monoisotopic (exact) mass is 500 g/mol. The molecule has 3 aliphatic rings. The number of benzene rings is 2. The summed E-state index contributed by atoms with van der Waals surface area (Å²) in [5.41, 5.74) is 1.30. The van der Waals surface area contributed by atoms with E-state index in [0.717, 1.165) is 31.2 Å². The van der Waals surface area contributed by atoms with Crippen molar-refractivity contribution in [1.29, 1.82) is 0 Å². The number of hydrogen-bond acceptors (Lipinski definition) is 6. The van der Waals surface area contributed by atoms with E-state index in [0.29, 0.717) is 17.9 Å². The van der Waals surface area contributed by atoms with Gasteiger partial charge in [-0.3, -0.25) is 9.52 Å². The van der Waals surface area contributed by atoms with Crippen LogP contribution in [0.15, 0.2) is 53.4 Å². The molecule has 35 heavy (non-hydrogen) atoms. The average molecular weight is 501 g/mol. The van der Waals surface area contributed by atoms with Gasteiger partial charge in [-0.1, -0.05) is 37.5 Å². The Labute approximate surface area is 206 Å². The van der Waals surface area contributed by atoms with Crippen molar-refractivity contribution in [1.82, 2.24) is 5.32 Å². The van der Waals surface area contributed by atoms with Crippen molar-refractivity contribution < 1.29 is 27.8 Å². The van der Waals surface area contributed by atoms with Crippen molar-refractivity contribution in [3.8, 4) is 5.75 Å². The lowest BCUT2D eigenvalue weighted by Gasteiger charge is -2.37. The first kappa shape index (κ1) is 24.1. The van der Waals surface area contributed by atoms with Crippen LogP contribution in [0.3, 0.4) is 0 Å². The second kappa shape index (κ2) is 10.2. The van der Waals surface area contributed by atoms with Crippen LogP contribution in [0.5, 0.6) is 5.75 Å². The van der Waals surface area contributed by atoms with Crippen molar-refractivity contribution >= 4 is 21.6 Å². The van der Waals surface area contributed by atoms with Crippen LogP contribution in [0, 0.1) is 0 Å². The maximum Gasteiger partial charge on any atom is 0.261 e. The van der Waals surface area contributed by atoms with Crippen molar-refractivity contribution in [2.75, 3.05) is 11.3 Å². The molecule has 2 fully saturated rings. The van der Waals surface area contributed by atoms with Gasteiger partial charge < -0.3 is 19.9 Å². The van der Waals surface area contributed by atoms with Crippen molar-refractivity contribution in [2.45, 2.75) is 80.1 Å². The summed E-state index contributed by atoms with van der Waals surface area (Å²) in [5, 5.41) is 13.1. The molecular formula is C26H32N2O6S. The summed E-state index contributed by atoms with van der Waals surface area (Å²) >= 11 is 0. The Kier molecular flexibility index (Phi) is 7.00. The zero-order valence-electron chi connectivity index (χ0n) is 19.6. The third kappa shape index (κ3) is 5.32. The summed E-state index contributed by atoms with van der Waals surface area (Å²) in [7, 11) is -3.72. The third-order valence-corrected chi connectivity index (χ3v) is 8.59. The van der Waals surface area contributed by atoms with Gasteiger partial charge in [-0.05, 0) is 49.6 Å². The summed E-state index contributed by atoms with van der Waals surface area (Å²) in [6.45, 7) is -0.219. The number of sulfonamides is 1. The number of fused-ring (bicyclic) bond motifs is 3. The minimum absolute atomic E-state index is 0.0273. The lowest BCUT2D eigenvalue weighted by atomic mass is 9.84. The molecule has 1 amide bonds. The molecule has 1 aliphatic carbocycles. The summed E-state index contributed by atoms with van der Waals surface area (Å²) < 4.78 is 40.4. The molecule has 5 rings (SSSR count). The highest BCUT2D eigenvalue weighted by atomic mass is 32.2. The Bertz CT molecular complexity index is 1150. The van der Waals surface area contributed by atoms with Crippen LogP contribution in [0.1, 0.15) is 56.4 Å². The van der Waals surface area contributed by atoms with E-state index >= 15 is 0 Å². The number of nitrogens with one attached hydrogen (secondary N) is 2. The lowest BCUT2D eigenvalue weighted by molar-refractivity contribution is -0.142. The van der Waals surface area contributed by atoms with E-state index in [-0.39, 0.29) is 48.0 Å². The van der Waals surface area contributed by atoms with Gasteiger partial charge in [0.2, 0.25) is 5.91 Å². The van der Waals surface area contributed by atoms with Gasteiger partial charge in [0.1, 0.15) is 18.0 Å². The van der Waals surface area contributed by atoms with E-state index in [2.05, 4.69) is 10.0 Å². The molecule has 188 valence electrons. The normalized spacial score (nSPS) is 26.3. The van der Waals surface area contributed by atoms with Crippen molar-refractivity contribution in [3.05, 3.63) is 54.1 Å². The van der Waals surface area contributed by atoms with E-state index < -0.39 is 16.1 Å². The van der Waals surface area contributed by atoms with Gasteiger partial charge in [-0.25, -0.2) is 8.42 Å². The number of ether oxygens (including phenoxy) is 2. The van der Waals surface area contributed by atoms with Gasteiger partial charge in [0.15, 0.2) is 0 Å². The summed E-state index contributed by atoms with van der Waals surface area (Å²) in [6.07, 6.45) is 5.05. The highest BCUT2D eigenvalue weighted by molar-refractivity contribution is 7.92. The predicted molar refractivity (Wildman–Crippen MR) is 131 cm³/mol. The highest BCUT2D eigenvalue weighted by Crippen LogP contribution is 2.47. The van der Waals surface area contributed by atoms with Crippen LogP contribution in [-0.2, 0) is 19.6 Å². The summed E-state index contributed by atoms with van der Waals surface area (Å²) in [6, 6.07) is 13.6. The minimum atomic E-state index is -3.72. The second-order valence-electron chi connectivity index (χ2n) is 9.68. The van der Waals surface area contributed by atoms with Gasteiger partial charge in [-0.15, -0.1) is 0 Å². The molecule has 2 aromatic rings. The zero-order chi connectivity index (χ0) is 24.4. The van der Waals surface area contributed by atoms with E-state index in [1.54, 1.807) is 48.5 Å². The molecule has 8 nitrogen and oxygen atoms in total. The molecule has 0 aromatic heterocycles. The summed E-state index contributed by atoms with van der Waals surface area (Å²) in [5.74, 6) is 0.516. The van der Waals surface area contributed by atoms with Crippen LogP contribution >= 0.6 is 0 Å². The van der Waals surface area contributed by atoms with E-state index in [1.807, 2.05) is 0 Å². The molecule has 4 atom stereocenters. The first-order valence-corrected chi connectivity index (χ1v) is 13.9. The zero-order valence-corrected chi connectivity index (χ0v) is 20.4. The number of carbonyl (C=O) groups is 1. The lowest BCUT2D eigenvalue weighted by Crippen LogP contribution is -2.48. The van der Waals surface area contributed by atoms with Crippen LogP contribution in [0.25, 0.3) is 0 Å². The molecule has 0 radical (unpaired) electrons. The Balaban J connectivity index is 1.30. The third-order valence-electron chi connectivity index (χ3n) is 7.19. The van der Waals surface area contributed by atoms with Crippen LogP contribution in [-0.4, -0.2) is 50.4 Å². The van der Waals surface area contributed by atoms with Gasteiger partial charge in [0, 0.05) is 23.2 Å². The molecule has 3 N–H and O–H groups in total. The van der Waals surface area contributed by atoms with Gasteiger partial charge in [-0.2, -0.15) is 0 Å². The molecular weight excluding hydrogens is 468 g/mol. The second-order valence-corrected chi connectivity index (χ2v) is 11.4. The molecule has 1 saturated carbocycles. The van der Waals surface area contributed by atoms with Crippen molar-refractivity contribution in [2.24, 2.45) is 0 Å². The average Bonchev–Trinajstić information content (AvgIpc) is 3.22. The quantitative estimate of drug-likeness (QED) is 0.538. The Morgan fingerprint density at radius 1 is 1.06 bits per heavy atom. The fourth-order valence-electron chi connectivity index (χ4n) is 5.51. The standard InChI is InChI=1S/C26H32N2O6S/c29-16-24-26-22(14-19(33-24)15-25(30)27-17-7-3-1-4-8-17)21-13-18(11-12-23(21)34-26)28-35(31,32)20-9-5-2-6-10-20/h2,5-6,9-13,17,19,22,24,26,28-29H,1,3-4,7-8,14-16H2,(H,27,30)/t19-,22+,24+,26-/m0/s1. The maximum absolute atomic E-state index is 12.8. The predicted octanol–water partition coefficient (Wildman–Crippen LogP) is 3.32. The fraction of sp³-hybridized carbons (Fsp3) is 0.500. The highest BCUT2D eigenvalue weighted by Gasteiger charge is 2.46. The Hall–Kier alpha value is -2.62. The number of aliphatic hydroxyl groups excluding tert-OH is 1. The SMILES string of the molecule is O=C(C[C@@H]1C[C@@H]2c3cc(NS(=O)(=O)c4ccccc4)ccc3O[C@@H]2[C@@H](CO)O1)NC1CCCCC1. The molecule has 0 unspecified atom stereocenters. The van der Waals surface area contributed by atoms with Gasteiger partial charge in [0.05, 0.1) is 24.0 Å². The molecule has 9 heteroatoms. The van der Waals surface area contributed by atoms with E-state index in [9.17, 15) is 18.3 Å². The number of carbonyl (C=O) groups excluding carboxylic acids is 1. The summed E-state index contributed by atoms with van der Waals surface area (Å²) in [4.78, 5) is 12.9. The van der Waals surface area contributed by atoms with Crippen molar-refractivity contribution in [3.63, 3.8) is 0 Å². The van der Waals surface area contributed by atoms with E-state index in [4.69, 9.17) is 9.47 Å². The topological polar surface area (TPSA) is 114 Å². The van der Waals surface area contributed by atoms with Crippen LogP contribution < -0.4 is 14.8 Å². The first-order chi connectivity index (χ1) is 16.9. The molecule has 2 aliphatic heterocycles. The Morgan fingerprint density at radius 3 is 2.57 bits per heavy atom. The maximum atomic E-state index is 12.8. The molecule has 0 spiro atoms. The largest absolute Gasteiger partial charge is 0.487 e. The van der Waals surface area contributed by atoms with Gasteiger partial charge in [0.25, 0.3) is 10.0 Å². The van der Waals surface area contributed by atoms with Crippen LogP contribution in [0.2, 0.25) is 0 Å². The van der Waals surface area contributed by atoms with Crippen LogP contribution in [0.4, 0.5) is 5.69 Å². The first-order valence-electron chi connectivity index (χ1n) is 12.4. The fourth-order valence-corrected chi connectivity index (χ4v) is 6.58. The van der Waals surface area contributed by atoms with Gasteiger partial charge >= 0.3 is 0 Å². The smallest absolute Gasteiger partial charge is 0.261 e. The number of anilines is 1. The Morgan fingerprint density at radius 2 is 1.83 bits per heavy atom. The molecule has 2 heterocycles.